The van der Waals surface area contributed by atoms with Crippen molar-refractivity contribution in [1.82, 2.24) is 15.1 Å². The van der Waals surface area contributed by atoms with E-state index < -0.39 is 0 Å². The highest BCUT2D eigenvalue weighted by molar-refractivity contribution is 5.77. The van der Waals surface area contributed by atoms with Gasteiger partial charge in [0.1, 0.15) is 6.61 Å². The second kappa shape index (κ2) is 5.33. The summed E-state index contributed by atoms with van der Waals surface area (Å²) < 4.78 is 5.64. The van der Waals surface area contributed by atoms with Crippen LogP contribution in [0.5, 0.6) is 0 Å². The number of hydrogen-bond acceptors (Lipinski definition) is 4. The topological polar surface area (TPSA) is 44.8 Å². The Morgan fingerprint density at radius 3 is 2.65 bits per heavy atom. The number of morpholine rings is 1. The van der Waals surface area contributed by atoms with Gasteiger partial charge in [-0.1, -0.05) is 0 Å². The highest BCUT2D eigenvalue weighted by Crippen LogP contribution is 2.18. The van der Waals surface area contributed by atoms with Crippen molar-refractivity contribution >= 4 is 5.91 Å². The predicted molar refractivity (Wildman–Crippen MR) is 65.9 cm³/mol. The molecular weight excluding hydrogens is 218 g/mol. The monoisotopic (exact) mass is 241 g/mol. The third-order valence-electron chi connectivity index (χ3n) is 3.76. The van der Waals surface area contributed by atoms with E-state index in [9.17, 15) is 4.79 Å². The van der Waals surface area contributed by atoms with Crippen molar-refractivity contribution in [3.8, 4) is 0 Å². The lowest BCUT2D eigenvalue weighted by atomic mass is 10.00. The van der Waals surface area contributed by atoms with E-state index in [4.69, 9.17) is 4.74 Å². The maximum absolute atomic E-state index is 11.0. The molecule has 1 atom stereocenters. The Labute approximate surface area is 103 Å². The summed E-state index contributed by atoms with van der Waals surface area (Å²) in [4.78, 5) is 15.9. The average Bonchev–Trinajstić information content (AvgIpc) is 2.33. The molecular formula is C12H23N3O2. The minimum absolute atomic E-state index is 0.00192. The van der Waals surface area contributed by atoms with Gasteiger partial charge >= 0.3 is 0 Å². The standard InChI is InChI=1S/C12H23N3O2/c1-12(10-13-11(16)9-17-12)3-4-15-7-5-14(2)6-8-15/h3-10H2,1-2H3,(H,13,16). The molecule has 0 spiro atoms. The van der Waals surface area contributed by atoms with E-state index in [1.54, 1.807) is 0 Å². The van der Waals surface area contributed by atoms with Crippen molar-refractivity contribution in [2.75, 3.05) is 52.9 Å². The Hall–Kier alpha value is -0.650. The van der Waals surface area contributed by atoms with Gasteiger partial charge in [-0.25, -0.2) is 0 Å². The van der Waals surface area contributed by atoms with Crippen LogP contribution in [0.25, 0.3) is 0 Å². The lowest BCUT2D eigenvalue weighted by Gasteiger charge is -2.37. The van der Waals surface area contributed by atoms with E-state index in [-0.39, 0.29) is 18.1 Å². The number of carbonyl (C=O) groups is 1. The molecule has 0 bridgehead atoms. The number of nitrogens with zero attached hydrogens (tertiary/aromatic N) is 2. The van der Waals surface area contributed by atoms with Crippen molar-refractivity contribution in [2.45, 2.75) is 18.9 Å². The minimum atomic E-state index is -0.183. The zero-order chi connectivity index (χ0) is 12.3. The maximum atomic E-state index is 11.0. The molecule has 2 fully saturated rings. The molecule has 1 unspecified atom stereocenters. The molecule has 2 rings (SSSR count). The molecule has 17 heavy (non-hydrogen) atoms. The van der Waals surface area contributed by atoms with Crippen LogP contribution < -0.4 is 5.32 Å². The first kappa shape index (κ1) is 12.8. The molecule has 1 N–H and O–H groups in total. The fourth-order valence-corrected chi connectivity index (χ4v) is 2.25. The Balaban J connectivity index is 1.72. The van der Waals surface area contributed by atoms with Crippen LogP contribution in [0.15, 0.2) is 0 Å². The zero-order valence-corrected chi connectivity index (χ0v) is 10.9. The van der Waals surface area contributed by atoms with E-state index in [1.807, 2.05) is 0 Å². The predicted octanol–water partition coefficient (Wildman–Crippen LogP) is -0.471. The lowest BCUT2D eigenvalue weighted by Crippen LogP contribution is -2.53. The SMILES string of the molecule is CN1CCN(CCC2(C)CNC(=O)CO2)CC1. The molecule has 0 saturated carbocycles. The first-order chi connectivity index (χ1) is 8.07. The maximum Gasteiger partial charge on any atom is 0.246 e. The quantitative estimate of drug-likeness (QED) is 0.725. The number of amides is 1. The van der Waals surface area contributed by atoms with Gasteiger partial charge in [-0.2, -0.15) is 0 Å². The first-order valence-corrected chi connectivity index (χ1v) is 6.39. The summed E-state index contributed by atoms with van der Waals surface area (Å²) in [6.45, 7) is 8.56. The van der Waals surface area contributed by atoms with Crippen molar-refractivity contribution in [1.29, 1.82) is 0 Å². The Kier molecular flexibility index (Phi) is 4.01. The van der Waals surface area contributed by atoms with Gasteiger partial charge in [-0.05, 0) is 20.4 Å². The molecule has 5 nitrogen and oxygen atoms in total. The van der Waals surface area contributed by atoms with Gasteiger partial charge in [0.05, 0.1) is 5.60 Å². The van der Waals surface area contributed by atoms with Crippen LogP contribution in [0.1, 0.15) is 13.3 Å². The van der Waals surface area contributed by atoms with Crippen LogP contribution in [0.3, 0.4) is 0 Å². The van der Waals surface area contributed by atoms with Crippen LogP contribution in [0, 0.1) is 0 Å². The number of hydrogen-bond donors (Lipinski definition) is 1. The molecule has 2 aliphatic rings. The molecule has 2 aliphatic heterocycles. The van der Waals surface area contributed by atoms with E-state index in [1.165, 1.54) is 0 Å². The molecule has 2 saturated heterocycles. The Bertz CT molecular complexity index is 265. The van der Waals surface area contributed by atoms with Crippen LogP contribution in [0.2, 0.25) is 0 Å². The Morgan fingerprint density at radius 1 is 1.35 bits per heavy atom. The van der Waals surface area contributed by atoms with E-state index >= 15 is 0 Å². The summed E-state index contributed by atoms with van der Waals surface area (Å²) >= 11 is 0. The van der Waals surface area contributed by atoms with Crippen LogP contribution in [-0.4, -0.2) is 74.2 Å². The van der Waals surface area contributed by atoms with Crippen molar-refractivity contribution in [3.05, 3.63) is 0 Å². The molecule has 0 aromatic rings. The smallest absolute Gasteiger partial charge is 0.246 e. The second-order valence-electron chi connectivity index (χ2n) is 5.41. The largest absolute Gasteiger partial charge is 0.364 e. The highest BCUT2D eigenvalue weighted by atomic mass is 16.5. The molecule has 0 aromatic heterocycles. The number of carbonyl (C=O) groups excluding carboxylic acids is 1. The lowest BCUT2D eigenvalue weighted by molar-refractivity contribution is -0.142. The third-order valence-corrected chi connectivity index (χ3v) is 3.76. The molecule has 5 heteroatoms. The summed E-state index contributed by atoms with van der Waals surface area (Å²) in [5, 5.41) is 2.88. The van der Waals surface area contributed by atoms with Gasteiger partial charge < -0.3 is 19.9 Å². The van der Waals surface area contributed by atoms with Crippen LogP contribution in [-0.2, 0) is 9.53 Å². The third kappa shape index (κ3) is 3.66. The normalized spacial score (nSPS) is 32.5. The van der Waals surface area contributed by atoms with E-state index in [0.29, 0.717) is 6.54 Å². The van der Waals surface area contributed by atoms with Crippen molar-refractivity contribution < 1.29 is 9.53 Å². The summed E-state index contributed by atoms with van der Waals surface area (Å²) in [5.41, 5.74) is -0.183. The molecule has 0 aromatic carbocycles. The Morgan fingerprint density at radius 2 is 2.06 bits per heavy atom. The number of piperazine rings is 1. The summed E-state index contributed by atoms with van der Waals surface area (Å²) in [5.74, 6) is 0.00192. The fourth-order valence-electron chi connectivity index (χ4n) is 2.25. The van der Waals surface area contributed by atoms with Gasteiger partial charge in [0.25, 0.3) is 0 Å². The number of rotatable bonds is 3. The van der Waals surface area contributed by atoms with Gasteiger partial charge in [0.15, 0.2) is 0 Å². The number of likely N-dealkylation sites (N-methyl/N-ethyl adjacent to an activating group) is 1. The highest BCUT2D eigenvalue weighted by Gasteiger charge is 2.31. The van der Waals surface area contributed by atoms with E-state index in [2.05, 4.69) is 29.1 Å². The molecule has 0 radical (unpaired) electrons. The van der Waals surface area contributed by atoms with Crippen LogP contribution >= 0.6 is 0 Å². The van der Waals surface area contributed by atoms with Gasteiger partial charge in [0, 0.05) is 39.3 Å². The molecule has 0 aliphatic carbocycles. The van der Waals surface area contributed by atoms with Gasteiger partial charge in [0.2, 0.25) is 5.91 Å². The molecule has 1 amide bonds. The number of nitrogens with one attached hydrogen (secondary N) is 1. The minimum Gasteiger partial charge on any atom is -0.364 e. The van der Waals surface area contributed by atoms with Crippen molar-refractivity contribution in [3.63, 3.8) is 0 Å². The van der Waals surface area contributed by atoms with E-state index in [0.717, 1.165) is 39.1 Å². The molecule has 2 heterocycles. The first-order valence-electron chi connectivity index (χ1n) is 6.39. The average molecular weight is 241 g/mol. The summed E-state index contributed by atoms with van der Waals surface area (Å²) in [6.07, 6.45) is 0.983. The van der Waals surface area contributed by atoms with Gasteiger partial charge in [-0.15, -0.1) is 0 Å². The molecule has 98 valence electrons. The van der Waals surface area contributed by atoms with Gasteiger partial charge in [-0.3, -0.25) is 4.79 Å². The second-order valence-corrected chi connectivity index (χ2v) is 5.41. The summed E-state index contributed by atoms with van der Waals surface area (Å²) in [6, 6.07) is 0. The zero-order valence-electron chi connectivity index (χ0n) is 10.9. The van der Waals surface area contributed by atoms with Crippen molar-refractivity contribution in [2.24, 2.45) is 0 Å². The van der Waals surface area contributed by atoms with Crippen LogP contribution in [0.4, 0.5) is 0 Å². The number of ether oxygens (including phenoxy) is 1. The summed E-state index contributed by atoms with van der Waals surface area (Å²) in [7, 11) is 2.17. The fraction of sp³-hybridized carbons (Fsp3) is 0.917.